The molecule has 1 nitrogen and oxygen atoms in total. The van der Waals surface area contributed by atoms with Gasteiger partial charge in [-0.2, -0.15) is 0 Å². The fourth-order valence-corrected chi connectivity index (χ4v) is 2.95. The van der Waals surface area contributed by atoms with Crippen molar-refractivity contribution in [3.63, 3.8) is 0 Å². The quantitative estimate of drug-likeness (QED) is 0.779. The van der Waals surface area contributed by atoms with Crippen LogP contribution in [0.4, 0.5) is 0 Å². The highest BCUT2D eigenvalue weighted by Gasteiger charge is 2.18. The molecule has 2 unspecified atom stereocenters. The van der Waals surface area contributed by atoms with Crippen molar-refractivity contribution < 1.29 is 0 Å². The van der Waals surface area contributed by atoms with Crippen molar-refractivity contribution in [3.05, 3.63) is 34.9 Å². The molecule has 0 aromatic heterocycles. The van der Waals surface area contributed by atoms with E-state index in [1.807, 2.05) is 12.1 Å². The van der Waals surface area contributed by atoms with Crippen LogP contribution >= 0.6 is 11.6 Å². The van der Waals surface area contributed by atoms with E-state index >= 15 is 0 Å². The average Bonchev–Trinajstić information content (AvgIpc) is 2.28. The lowest BCUT2D eigenvalue weighted by molar-refractivity contribution is 0.277. The van der Waals surface area contributed by atoms with E-state index in [9.17, 15) is 0 Å². The molecule has 1 rings (SSSR count). The molecule has 0 radical (unpaired) electrons. The second-order valence-electron chi connectivity index (χ2n) is 6.92. The Morgan fingerprint density at radius 3 is 2.21 bits per heavy atom. The van der Waals surface area contributed by atoms with Gasteiger partial charge in [-0.3, -0.25) is 0 Å². The summed E-state index contributed by atoms with van der Waals surface area (Å²) < 4.78 is 0. The molecule has 0 bridgehead atoms. The van der Waals surface area contributed by atoms with Gasteiger partial charge in [-0.05, 0) is 55.3 Å². The molecule has 0 saturated carbocycles. The normalized spacial score (nSPS) is 15.3. The first kappa shape index (κ1) is 16.5. The predicted octanol–water partition coefficient (Wildman–Crippen LogP) is 4.93. The van der Waals surface area contributed by atoms with Gasteiger partial charge in [0.1, 0.15) is 0 Å². The maximum Gasteiger partial charge on any atom is 0.0406 e. The summed E-state index contributed by atoms with van der Waals surface area (Å²) in [7, 11) is 2.06. The van der Waals surface area contributed by atoms with E-state index < -0.39 is 0 Å². The lowest BCUT2D eigenvalue weighted by Gasteiger charge is -2.26. The van der Waals surface area contributed by atoms with E-state index in [4.69, 9.17) is 11.6 Å². The summed E-state index contributed by atoms with van der Waals surface area (Å²) in [5.41, 5.74) is 1.77. The molecule has 19 heavy (non-hydrogen) atoms. The van der Waals surface area contributed by atoms with Gasteiger partial charge in [0.25, 0.3) is 0 Å². The molecule has 0 fully saturated rings. The summed E-state index contributed by atoms with van der Waals surface area (Å²) in [4.78, 5) is 0. The number of hydrogen-bond donors (Lipinski definition) is 1. The summed E-state index contributed by atoms with van der Waals surface area (Å²) in [5, 5.41) is 4.26. The first-order valence-electron chi connectivity index (χ1n) is 7.22. The van der Waals surface area contributed by atoms with Crippen LogP contribution in [0.3, 0.4) is 0 Å². The van der Waals surface area contributed by atoms with E-state index in [-0.39, 0.29) is 0 Å². The lowest BCUT2D eigenvalue weighted by Crippen LogP contribution is -2.30. The van der Waals surface area contributed by atoms with Crippen molar-refractivity contribution in [1.29, 1.82) is 0 Å². The van der Waals surface area contributed by atoms with Gasteiger partial charge in [0.2, 0.25) is 0 Å². The Morgan fingerprint density at radius 1 is 1.16 bits per heavy atom. The van der Waals surface area contributed by atoms with Crippen molar-refractivity contribution in [2.24, 2.45) is 11.3 Å². The molecular formula is C17H28ClN. The molecule has 0 aliphatic rings. The largest absolute Gasteiger partial charge is 0.317 e. The number of nitrogens with one attached hydrogen (secondary N) is 1. The minimum atomic E-state index is 0.415. The molecule has 2 atom stereocenters. The van der Waals surface area contributed by atoms with E-state index in [1.165, 1.54) is 18.4 Å². The van der Waals surface area contributed by atoms with Crippen LogP contribution in [0.5, 0.6) is 0 Å². The Morgan fingerprint density at radius 2 is 1.74 bits per heavy atom. The Hall–Kier alpha value is -0.530. The van der Waals surface area contributed by atoms with Crippen LogP contribution < -0.4 is 5.32 Å². The summed E-state index contributed by atoms with van der Waals surface area (Å²) in [5.74, 6) is 0.741. The third-order valence-corrected chi connectivity index (χ3v) is 3.70. The number of likely N-dealkylation sites (N-methyl/N-ethyl adjacent to an activating group) is 1. The molecule has 0 aliphatic heterocycles. The SMILES string of the molecule is CNC(Cc1ccc(Cl)cc1)CC(C)CC(C)(C)C. The van der Waals surface area contributed by atoms with Crippen molar-refractivity contribution in [3.8, 4) is 0 Å². The fourth-order valence-electron chi connectivity index (χ4n) is 2.82. The first-order valence-corrected chi connectivity index (χ1v) is 7.59. The Bertz CT molecular complexity index is 364. The molecule has 0 heterocycles. The standard InChI is InChI=1S/C17H28ClN/c1-13(12-17(2,3)4)10-16(19-5)11-14-6-8-15(18)9-7-14/h6-9,13,16,19H,10-12H2,1-5H3. The summed E-state index contributed by atoms with van der Waals surface area (Å²) in [6, 6.07) is 8.74. The van der Waals surface area contributed by atoms with Gasteiger partial charge in [-0.1, -0.05) is 51.4 Å². The summed E-state index contributed by atoms with van der Waals surface area (Å²) in [6.07, 6.45) is 3.56. The van der Waals surface area contributed by atoms with Crippen LogP contribution in [0.25, 0.3) is 0 Å². The van der Waals surface area contributed by atoms with Gasteiger partial charge in [0.05, 0.1) is 0 Å². The minimum Gasteiger partial charge on any atom is -0.317 e. The topological polar surface area (TPSA) is 12.0 Å². The van der Waals surface area contributed by atoms with Crippen molar-refractivity contribution in [1.82, 2.24) is 5.32 Å². The zero-order valence-electron chi connectivity index (χ0n) is 13.0. The minimum absolute atomic E-state index is 0.415. The van der Waals surface area contributed by atoms with Gasteiger partial charge < -0.3 is 5.32 Å². The zero-order chi connectivity index (χ0) is 14.5. The maximum absolute atomic E-state index is 5.92. The third-order valence-electron chi connectivity index (χ3n) is 3.45. The highest BCUT2D eigenvalue weighted by Crippen LogP contribution is 2.27. The highest BCUT2D eigenvalue weighted by molar-refractivity contribution is 6.30. The van der Waals surface area contributed by atoms with Crippen molar-refractivity contribution in [2.75, 3.05) is 7.05 Å². The number of hydrogen-bond acceptors (Lipinski definition) is 1. The molecular weight excluding hydrogens is 254 g/mol. The van der Waals surface area contributed by atoms with E-state index in [1.54, 1.807) is 0 Å². The molecule has 1 N–H and O–H groups in total. The van der Waals surface area contributed by atoms with Gasteiger partial charge in [-0.25, -0.2) is 0 Å². The van der Waals surface area contributed by atoms with Crippen molar-refractivity contribution in [2.45, 2.75) is 53.0 Å². The van der Waals surface area contributed by atoms with Crippen LogP contribution in [0.2, 0.25) is 5.02 Å². The van der Waals surface area contributed by atoms with Crippen LogP contribution in [-0.4, -0.2) is 13.1 Å². The van der Waals surface area contributed by atoms with Gasteiger partial charge in [0.15, 0.2) is 0 Å². The maximum atomic E-state index is 5.92. The molecule has 0 saturated heterocycles. The molecule has 2 heteroatoms. The lowest BCUT2D eigenvalue weighted by atomic mass is 9.82. The van der Waals surface area contributed by atoms with E-state index in [2.05, 4.69) is 52.2 Å². The molecule has 0 spiro atoms. The first-order chi connectivity index (χ1) is 8.80. The molecule has 0 amide bonds. The second-order valence-corrected chi connectivity index (χ2v) is 7.36. The molecule has 1 aromatic carbocycles. The van der Waals surface area contributed by atoms with Crippen LogP contribution in [0.15, 0.2) is 24.3 Å². The molecule has 0 aliphatic carbocycles. The number of rotatable bonds is 6. The Labute approximate surface area is 123 Å². The number of halogens is 1. The molecule has 108 valence electrons. The smallest absolute Gasteiger partial charge is 0.0406 e. The highest BCUT2D eigenvalue weighted by atomic mass is 35.5. The predicted molar refractivity (Wildman–Crippen MR) is 85.9 cm³/mol. The van der Waals surface area contributed by atoms with Crippen LogP contribution in [0.1, 0.15) is 46.1 Å². The Balaban J connectivity index is 2.51. The monoisotopic (exact) mass is 281 g/mol. The molecule has 1 aromatic rings. The average molecular weight is 282 g/mol. The Kier molecular flexibility index (Phi) is 6.35. The fraction of sp³-hybridized carbons (Fsp3) is 0.647. The van der Waals surface area contributed by atoms with Crippen LogP contribution in [-0.2, 0) is 6.42 Å². The van der Waals surface area contributed by atoms with Crippen molar-refractivity contribution >= 4 is 11.6 Å². The summed E-state index contributed by atoms with van der Waals surface area (Å²) >= 11 is 5.92. The van der Waals surface area contributed by atoms with Gasteiger partial charge in [-0.15, -0.1) is 0 Å². The van der Waals surface area contributed by atoms with E-state index in [0.29, 0.717) is 11.5 Å². The van der Waals surface area contributed by atoms with Gasteiger partial charge >= 0.3 is 0 Å². The van der Waals surface area contributed by atoms with E-state index in [0.717, 1.165) is 17.4 Å². The third kappa shape index (κ3) is 6.98. The number of benzene rings is 1. The summed E-state index contributed by atoms with van der Waals surface area (Å²) in [6.45, 7) is 9.31. The second kappa shape index (κ2) is 7.31. The zero-order valence-corrected chi connectivity index (χ0v) is 13.7. The van der Waals surface area contributed by atoms with Crippen LogP contribution in [0, 0.1) is 11.3 Å². The van der Waals surface area contributed by atoms with Gasteiger partial charge in [0, 0.05) is 11.1 Å².